The number of benzene rings is 2. The number of nitrogens with one attached hydrogen (secondary N) is 1. The summed E-state index contributed by atoms with van der Waals surface area (Å²) in [6, 6.07) is 16.5. The minimum absolute atomic E-state index is 0.0992. The molecule has 0 radical (unpaired) electrons. The number of aryl methyl sites for hydroxylation is 1. The van der Waals surface area contributed by atoms with Crippen LogP contribution in [0.25, 0.3) is 0 Å². The Morgan fingerprint density at radius 2 is 1.86 bits per heavy atom. The summed E-state index contributed by atoms with van der Waals surface area (Å²) >= 11 is 0. The number of nitrogens with zero attached hydrogens (tertiary/aromatic N) is 3. The zero-order valence-electron chi connectivity index (χ0n) is 16.0. The van der Waals surface area contributed by atoms with Crippen molar-refractivity contribution in [1.29, 1.82) is 0 Å². The van der Waals surface area contributed by atoms with E-state index >= 15 is 0 Å². The van der Waals surface area contributed by atoms with Crippen LogP contribution >= 0.6 is 0 Å². The summed E-state index contributed by atoms with van der Waals surface area (Å²) in [5, 5.41) is 4.12. The molecule has 0 spiro atoms. The van der Waals surface area contributed by atoms with Gasteiger partial charge in [0.2, 0.25) is 0 Å². The molecule has 1 fully saturated rings. The Kier molecular flexibility index (Phi) is 5.87. The van der Waals surface area contributed by atoms with E-state index in [0.717, 1.165) is 56.9 Å². The zero-order valence-corrected chi connectivity index (χ0v) is 16.0. The maximum atomic E-state index is 12.3. The Morgan fingerprint density at radius 3 is 2.68 bits per heavy atom. The van der Waals surface area contributed by atoms with Crippen LogP contribution in [0.5, 0.6) is 0 Å². The molecule has 0 saturated carbocycles. The van der Waals surface area contributed by atoms with Crippen LogP contribution in [0.3, 0.4) is 0 Å². The fraction of sp³-hybridized carbons (Fsp3) is 0.364. The number of carbonyl (C=O) groups is 1. The molecule has 2 aliphatic heterocycles. The van der Waals surface area contributed by atoms with Gasteiger partial charge in [0.05, 0.1) is 26.0 Å². The number of hydrogen-bond acceptors (Lipinski definition) is 5. The first-order valence-electron chi connectivity index (χ1n) is 9.87. The van der Waals surface area contributed by atoms with Crippen LogP contribution in [0, 0.1) is 0 Å². The molecule has 6 heteroatoms. The molecule has 146 valence electrons. The maximum Gasteiger partial charge on any atom is 0.259 e. The standard InChI is InChI=1S/C22H26N4O2/c27-22(17-26-11-3-5-19-4-1-2-6-21(19)26)24-23-16-18-7-9-20(10-8-18)25-12-14-28-15-13-25/h1-2,4,6-10,16H,3,5,11-15,17H2,(H,24,27)/b23-16+. The van der Waals surface area contributed by atoms with Gasteiger partial charge in [-0.3, -0.25) is 4.79 Å². The monoisotopic (exact) mass is 378 g/mol. The molecule has 2 heterocycles. The van der Waals surface area contributed by atoms with Gasteiger partial charge in [0, 0.05) is 31.0 Å². The van der Waals surface area contributed by atoms with Gasteiger partial charge in [0.15, 0.2) is 0 Å². The predicted molar refractivity (Wildman–Crippen MR) is 112 cm³/mol. The molecule has 2 aliphatic rings. The molecule has 0 aliphatic carbocycles. The summed E-state index contributed by atoms with van der Waals surface area (Å²) in [6.07, 6.45) is 3.83. The fourth-order valence-electron chi connectivity index (χ4n) is 3.76. The molecule has 4 rings (SSSR count). The Bertz CT molecular complexity index is 829. The van der Waals surface area contributed by atoms with Crippen LogP contribution in [-0.2, 0) is 16.0 Å². The van der Waals surface area contributed by atoms with Gasteiger partial charge in [-0.05, 0) is 42.2 Å². The van der Waals surface area contributed by atoms with Crippen molar-refractivity contribution in [2.75, 3.05) is 49.2 Å². The first-order chi connectivity index (χ1) is 13.8. The van der Waals surface area contributed by atoms with E-state index in [1.54, 1.807) is 6.21 Å². The predicted octanol–water partition coefficient (Wildman–Crippen LogP) is 2.43. The van der Waals surface area contributed by atoms with E-state index in [1.165, 1.54) is 11.3 Å². The molecular weight excluding hydrogens is 352 g/mol. The van der Waals surface area contributed by atoms with Gasteiger partial charge in [0.25, 0.3) is 5.91 Å². The second-order valence-electron chi connectivity index (χ2n) is 7.14. The largest absolute Gasteiger partial charge is 0.378 e. The van der Waals surface area contributed by atoms with Gasteiger partial charge in [0.1, 0.15) is 0 Å². The van der Waals surface area contributed by atoms with E-state index in [4.69, 9.17) is 4.74 Å². The average Bonchev–Trinajstić information content (AvgIpc) is 2.75. The minimum atomic E-state index is -0.0992. The minimum Gasteiger partial charge on any atom is -0.378 e. The highest BCUT2D eigenvalue weighted by Gasteiger charge is 2.18. The molecule has 28 heavy (non-hydrogen) atoms. The van der Waals surface area contributed by atoms with Gasteiger partial charge in [-0.2, -0.15) is 5.10 Å². The highest BCUT2D eigenvalue weighted by atomic mass is 16.5. The van der Waals surface area contributed by atoms with Crippen LogP contribution in [-0.4, -0.2) is 51.5 Å². The van der Waals surface area contributed by atoms with Gasteiger partial charge >= 0.3 is 0 Å². The van der Waals surface area contributed by atoms with Gasteiger partial charge in [-0.15, -0.1) is 0 Å². The van der Waals surface area contributed by atoms with Crippen molar-refractivity contribution in [2.45, 2.75) is 12.8 Å². The zero-order chi connectivity index (χ0) is 19.2. The van der Waals surface area contributed by atoms with Crippen LogP contribution in [0.2, 0.25) is 0 Å². The highest BCUT2D eigenvalue weighted by molar-refractivity contribution is 5.85. The number of morpholine rings is 1. The van der Waals surface area contributed by atoms with Crippen LogP contribution in [0.15, 0.2) is 53.6 Å². The summed E-state index contributed by atoms with van der Waals surface area (Å²) in [5.74, 6) is -0.0992. The van der Waals surface area contributed by atoms with E-state index < -0.39 is 0 Å². The molecule has 0 aromatic heterocycles. The van der Waals surface area contributed by atoms with Crippen LogP contribution < -0.4 is 15.2 Å². The Labute approximate surface area is 165 Å². The molecule has 1 N–H and O–H groups in total. The van der Waals surface area contributed by atoms with Gasteiger partial charge in [-0.1, -0.05) is 30.3 Å². The lowest BCUT2D eigenvalue weighted by molar-refractivity contribution is -0.119. The first-order valence-corrected chi connectivity index (χ1v) is 9.87. The average molecular weight is 378 g/mol. The third-order valence-electron chi connectivity index (χ3n) is 5.21. The summed E-state index contributed by atoms with van der Waals surface area (Å²) in [7, 11) is 0. The molecule has 0 atom stereocenters. The van der Waals surface area contributed by atoms with E-state index in [-0.39, 0.29) is 5.91 Å². The molecule has 0 unspecified atom stereocenters. The lowest BCUT2D eigenvalue weighted by atomic mass is 10.0. The normalized spacial score (nSPS) is 16.9. The number of hydrazone groups is 1. The van der Waals surface area contributed by atoms with Gasteiger partial charge < -0.3 is 14.5 Å². The number of ether oxygens (including phenoxy) is 1. The topological polar surface area (TPSA) is 57.2 Å². The molecule has 0 bridgehead atoms. The van der Waals surface area contributed by atoms with E-state index in [1.807, 2.05) is 18.2 Å². The van der Waals surface area contributed by atoms with Crippen molar-refractivity contribution in [1.82, 2.24) is 5.43 Å². The molecule has 1 saturated heterocycles. The first kappa shape index (κ1) is 18.5. The summed E-state index contributed by atoms with van der Waals surface area (Å²) in [4.78, 5) is 16.7. The van der Waals surface area contributed by atoms with Crippen LogP contribution in [0.4, 0.5) is 11.4 Å². The Balaban J connectivity index is 1.29. The third kappa shape index (κ3) is 4.51. The van der Waals surface area contributed by atoms with E-state index in [9.17, 15) is 4.79 Å². The highest BCUT2D eigenvalue weighted by Crippen LogP contribution is 2.26. The summed E-state index contributed by atoms with van der Waals surface area (Å²) < 4.78 is 5.39. The molecule has 2 aromatic rings. The maximum absolute atomic E-state index is 12.3. The number of amides is 1. The Hall–Kier alpha value is -2.86. The quantitative estimate of drug-likeness (QED) is 0.641. The van der Waals surface area contributed by atoms with Gasteiger partial charge in [-0.25, -0.2) is 5.43 Å². The summed E-state index contributed by atoms with van der Waals surface area (Å²) in [6.45, 7) is 4.61. The number of anilines is 2. The van der Waals surface area contributed by atoms with Crippen molar-refractivity contribution in [2.24, 2.45) is 5.10 Å². The second-order valence-corrected chi connectivity index (χ2v) is 7.14. The second kappa shape index (κ2) is 8.89. The van der Waals surface area contributed by atoms with Crippen molar-refractivity contribution >= 4 is 23.5 Å². The lowest BCUT2D eigenvalue weighted by Gasteiger charge is -2.30. The van der Waals surface area contributed by atoms with Crippen molar-refractivity contribution < 1.29 is 9.53 Å². The van der Waals surface area contributed by atoms with Crippen molar-refractivity contribution in [3.63, 3.8) is 0 Å². The van der Waals surface area contributed by atoms with Crippen molar-refractivity contribution in [3.05, 3.63) is 59.7 Å². The summed E-state index contributed by atoms with van der Waals surface area (Å²) in [5.41, 5.74) is 7.27. The van der Waals surface area contributed by atoms with E-state index in [2.05, 4.69) is 50.7 Å². The Morgan fingerprint density at radius 1 is 1.07 bits per heavy atom. The van der Waals surface area contributed by atoms with Crippen LogP contribution in [0.1, 0.15) is 17.5 Å². The lowest BCUT2D eigenvalue weighted by Crippen LogP contribution is -2.38. The molecule has 6 nitrogen and oxygen atoms in total. The fourth-order valence-corrected chi connectivity index (χ4v) is 3.76. The molecule has 2 aromatic carbocycles. The molecular formula is C22H26N4O2. The number of fused-ring (bicyclic) bond motifs is 1. The SMILES string of the molecule is O=C(CN1CCCc2ccccc21)N/N=C/c1ccc(N2CCOCC2)cc1. The van der Waals surface area contributed by atoms with Crippen molar-refractivity contribution in [3.8, 4) is 0 Å². The third-order valence-corrected chi connectivity index (χ3v) is 5.21. The number of hydrogen-bond donors (Lipinski definition) is 1. The number of rotatable bonds is 5. The van der Waals surface area contributed by atoms with E-state index in [0.29, 0.717) is 6.54 Å². The number of carbonyl (C=O) groups excluding carboxylic acids is 1. The smallest absolute Gasteiger partial charge is 0.259 e. The number of para-hydroxylation sites is 1. The molecule has 1 amide bonds.